The van der Waals surface area contributed by atoms with Gasteiger partial charge in [0.15, 0.2) is 0 Å². The van der Waals surface area contributed by atoms with Crippen molar-refractivity contribution in [1.29, 1.82) is 0 Å². The van der Waals surface area contributed by atoms with Gasteiger partial charge in [-0.05, 0) is 28.1 Å². The molecule has 0 fully saturated rings. The largest absolute Gasteiger partial charge is 0.497 e. The van der Waals surface area contributed by atoms with Gasteiger partial charge in [-0.3, -0.25) is 4.79 Å². The smallest absolute Gasteiger partial charge is 0.255 e. The van der Waals surface area contributed by atoms with Gasteiger partial charge in [0, 0.05) is 11.0 Å². The number of carbonyl (C=O) groups is 1. The molecule has 0 aliphatic rings. The van der Waals surface area contributed by atoms with Crippen molar-refractivity contribution >= 4 is 37.8 Å². The molecule has 0 heterocycles. The molecule has 0 unspecified atom stereocenters. The van der Waals surface area contributed by atoms with Gasteiger partial charge in [-0.25, -0.2) is 0 Å². The molecular weight excluding hydrogens is 366 g/mol. The minimum atomic E-state index is -0.257. The van der Waals surface area contributed by atoms with E-state index in [1.807, 2.05) is 0 Å². The Morgan fingerprint density at radius 1 is 1.39 bits per heavy atom. The fraction of sp³-hybridized carbons (Fsp3) is 0.250. The predicted molar refractivity (Wildman–Crippen MR) is 77.6 cm³/mol. The van der Waals surface area contributed by atoms with E-state index >= 15 is 0 Å². The Kier molecular flexibility index (Phi) is 5.68. The predicted octanol–water partition coefficient (Wildman–Crippen LogP) is 3.10. The van der Waals surface area contributed by atoms with E-state index in [-0.39, 0.29) is 5.91 Å². The monoisotopic (exact) mass is 377 g/mol. The maximum absolute atomic E-state index is 12.0. The van der Waals surface area contributed by atoms with Crippen molar-refractivity contribution in [2.75, 3.05) is 20.8 Å². The molecule has 0 atom stereocenters. The first-order valence-electron chi connectivity index (χ1n) is 5.02. The summed E-state index contributed by atoms with van der Waals surface area (Å²) >= 11 is 6.51. The van der Waals surface area contributed by atoms with Crippen molar-refractivity contribution in [2.24, 2.45) is 0 Å². The number of amides is 1. The minimum Gasteiger partial charge on any atom is -0.497 e. The molecule has 0 radical (unpaired) electrons. The average Bonchev–Trinajstić information content (AvgIpc) is 2.34. The molecule has 18 heavy (non-hydrogen) atoms. The lowest BCUT2D eigenvalue weighted by molar-refractivity contribution is 0.0954. The zero-order chi connectivity index (χ0) is 13.7. The first-order chi connectivity index (χ1) is 8.49. The second-order valence-corrected chi connectivity index (χ2v) is 5.37. The summed E-state index contributed by atoms with van der Waals surface area (Å²) in [4.78, 5) is 12.0. The summed E-state index contributed by atoms with van der Waals surface area (Å²) in [6, 6.07) is 3.36. The molecule has 0 spiro atoms. The van der Waals surface area contributed by atoms with Crippen molar-refractivity contribution in [3.8, 4) is 11.5 Å². The van der Waals surface area contributed by atoms with Crippen LogP contribution >= 0.6 is 31.9 Å². The lowest BCUT2D eigenvalue weighted by Gasteiger charge is -2.12. The summed E-state index contributed by atoms with van der Waals surface area (Å²) in [6.07, 6.45) is 0. The summed E-state index contributed by atoms with van der Waals surface area (Å²) < 4.78 is 11.7. The fourth-order valence-corrected chi connectivity index (χ4v) is 2.08. The molecule has 1 amide bonds. The van der Waals surface area contributed by atoms with E-state index < -0.39 is 0 Å². The Morgan fingerprint density at radius 2 is 2.06 bits per heavy atom. The number of carbonyl (C=O) groups excluding carboxylic acids is 1. The quantitative estimate of drug-likeness (QED) is 0.856. The molecule has 0 bridgehead atoms. The summed E-state index contributed by atoms with van der Waals surface area (Å²) in [5.41, 5.74) is 0.400. The van der Waals surface area contributed by atoms with Crippen molar-refractivity contribution in [3.05, 3.63) is 33.2 Å². The van der Waals surface area contributed by atoms with Crippen molar-refractivity contribution < 1.29 is 14.3 Å². The SMILES string of the molecule is C=C(Br)CNC(=O)c1cc(OC)cc(Br)c1OC. The highest BCUT2D eigenvalue weighted by Gasteiger charge is 2.16. The maximum atomic E-state index is 12.0. The lowest BCUT2D eigenvalue weighted by atomic mass is 10.1. The third-order valence-electron chi connectivity index (χ3n) is 2.14. The number of hydrogen-bond donors (Lipinski definition) is 1. The summed E-state index contributed by atoms with van der Waals surface area (Å²) in [5.74, 6) is 0.783. The van der Waals surface area contributed by atoms with E-state index in [2.05, 4.69) is 43.8 Å². The third kappa shape index (κ3) is 3.74. The highest BCUT2D eigenvalue weighted by molar-refractivity contribution is 9.11. The van der Waals surface area contributed by atoms with E-state index in [9.17, 15) is 4.79 Å². The molecule has 1 N–H and O–H groups in total. The first-order valence-corrected chi connectivity index (χ1v) is 6.61. The molecule has 1 aromatic carbocycles. The number of halogens is 2. The fourth-order valence-electron chi connectivity index (χ4n) is 1.33. The van der Waals surface area contributed by atoms with Gasteiger partial charge in [-0.15, -0.1) is 0 Å². The molecular formula is C12H13Br2NO3. The van der Waals surface area contributed by atoms with Crippen molar-refractivity contribution in [2.45, 2.75) is 0 Å². The Balaban J connectivity index is 3.08. The van der Waals surface area contributed by atoms with Gasteiger partial charge in [-0.1, -0.05) is 22.5 Å². The summed E-state index contributed by atoms with van der Waals surface area (Å²) in [7, 11) is 3.04. The number of ether oxygens (including phenoxy) is 2. The molecule has 0 aliphatic heterocycles. The number of hydrogen-bond acceptors (Lipinski definition) is 3. The van der Waals surface area contributed by atoms with Gasteiger partial charge < -0.3 is 14.8 Å². The van der Waals surface area contributed by atoms with E-state index in [1.54, 1.807) is 12.1 Å². The topological polar surface area (TPSA) is 47.6 Å². The van der Waals surface area contributed by atoms with Crippen LogP contribution in [0.5, 0.6) is 11.5 Å². The van der Waals surface area contributed by atoms with Crippen LogP contribution in [0.3, 0.4) is 0 Å². The highest BCUT2D eigenvalue weighted by atomic mass is 79.9. The summed E-state index contributed by atoms with van der Waals surface area (Å²) in [5, 5.41) is 2.71. The number of methoxy groups -OCH3 is 2. The van der Waals surface area contributed by atoms with Crippen LogP contribution in [0, 0.1) is 0 Å². The second kappa shape index (κ2) is 6.80. The Morgan fingerprint density at radius 3 is 2.56 bits per heavy atom. The maximum Gasteiger partial charge on any atom is 0.255 e. The van der Waals surface area contributed by atoms with Crippen LogP contribution in [0.4, 0.5) is 0 Å². The average molecular weight is 379 g/mol. The van der Waals surface area contributed by atoms with Crippen molar-refractivity contribution in [3.63, 3.8) is 0 Å². The van der Waals surface area contributed by atoms with Gasteiger partial charge in [0.2, 0.25) is 0 Å². The molecule has 0 aliphatic carbocycles. The van der Waals surface area contributed by atoms with Crippen LogP contribution in [0.2, 0.25) is 0 Å². The second-order valence-electron chi connectivity index (χ2n) is 3.39. The van der Waals surface area contributed by atoms with Crippen LogP contribution < -0.4 is 14.8 Å². The van der Waals surface area contributed by atoms with Crippen LogP contribution in [-0.4, -0.2) is 26.7 Å². The minimum absolute atomic E-state index is 0.257. The van der Waals surface area contributed by atoms with Crippen molar-refractivity contribution in [1.82, 2.24) is 5.32 Å². The molecule has 4 nitrogen and oxygen atoms in total. The molecule has 0 saturated carbocycles. The molecule has 1 rings (SSSR count). The molecule has 1 aromatic rings. The number of rotatable bonds is 5. The van der Waals surface area contributed by atoms with Gasteiger partial charge in [0.05, 0.1) is 24.3 Å². The number of nitrogens with one attached hydrogen (secondary N) is 1. The van der Waals surface area contributed by atoms with Gasteiger partial charge in [0.25, 0.3) is 5.91 Å². The van der Waals surface area contributed by atoms with E-state index in [0.717, 1.165) is 0 Å². The Bertz CT molecular complexity index is 475. The zero-order valence-corrected chi connectivity index (χ0v) is 13.2. The van der Waals surface area contributed by atoms with Crippen LogP contribution in [-0.2, 0) is 0 Å². The lowest BCUT2D eigenvalue weighted by Crippen LogP contribution is -2.25. The molecule has 0 aromatic heterocycles. The van der Waals surface area contributed by atoms with Crippen LogP contribution in [0.15, 0.2) is 27.7 Å². The molecule has 6 heteroatoms. The van der Waals surface area contributed by atoms with E-state index in [4.69, 9.17) is 9.47 Å². The normalized spacial score (nSPS) is 9.78. The van der Waals surface area contributed by atoms with E-state index in [1.165, 1.54) is 14.2 Å². The first kappa shape index (κ1) is 15.0. The summed E-state index contributed by atoms with van der Waals surface area (Å²) in [6.45, 7) is 4.00. The van der Waals surface area contributed by atoms with E-state index in [0.29, 0.717) is 32.6 Å². The van der Waals surface area contributed by atoms with Crippen LogP contribution in [0.1, 0.15) is 10.4 Å². The Hall–Kier alpha value is -1.01. The molecule has 0 saturated heterocycles. The Labute approximate surface area is 123 Å². The van der Waals surface area contributed by atoms with Gasteiger partial charge in [-0.2, -0.15) is 0 Å². The van der Waals surface area contributed by atoms with Gasteiger partial charge >= 0.3 is 0 Å². The standard InChI is InChI=1S/C12H13Br2NO3/c1-7(13)6-15-12(16)9-4-8(17-2)5-10(14)11(9)18-3/h4-5H,1,6H2,2-3H3,(H,15,16). The van der Waals surface area contributed by atoms with Gasteiger partial charge in [0.1, 0.15) is 11.5 Å². The third-order valence-corrected chi connectivity index (χ3v) is 3.01. The number of benzene rings is 1. The molecule has 98 valence electrons. The van der Waals surface area contributed by atoms with Crippen LogP contribution in [0.25, 0.3) is 0 Å². The zero-order valence-electron chi connectivity index (χ0n) is 10.0. The highest BCUT2D eigenvalue weighted by Crippen LogP contribution is 2.33.